The van der Waals surface area contributed by atoms with Crippen LogP contribution in [0.1, 0.15) is 95.9 Å². The van der Waals surface area contributed by atoms with E-state index in [1.807, 2.05) is 0 Å². The van der Waals surface area contributed by atoms with Crippen LogP contribution in [-0.4, -0.2) is 0 Å². The minimum atomic E-state index is 0.216. The zero-order chi connectivity index (χ0) is 20.0. The third kappa shape index (κ3) is 2.08. The zero-order valence-electron chi connectivity index (χ0n) is 19.4. The lowest BCUT2D eigenvalue weighted by atomic mass is 9.56. The van der Waals surface area contributed by atoms with Crippen LogP contribution in [0.15, 0.2) is 44.6 Å². The van der Waals surface area contributed by atoms with Gasteiger partial charge in [0, 0.05) is 10.8 Å². The summed E-state index contributed by atoms with van der Waals surface area (Å²) in [6.07, 6.45) is 2.57. The molecule has 3 saturated carbocycles. The molecule has 0 aliphatic heterocycles. The minimum Gasteiger partial charge on any atom is -0.0720 e. The van der Waals surface area contributed by atoms with Crippen molar-refractivity contribution in [2.24, 2.45) is 21.7 Å². The largest absolute Gasteiger partial charge is 0.0720 e. The van der Waals surface area contributed by atoms with E-state index in [1.54, 1.807) is 22.3 Å². The Morgan fingerprint density at radius 1 is 0.462 bits per heavy atom. The Kier molecular flexibility index (Phi) is 4.00. The van der Waals surface area contributed by atoms with E-state index in [-0.39, 0.29) is 10.8 Å². The molecule has 2 spiro atoms. The highest BCUT2D eigenvalue weighted by molar-refractivity contribution is 5.73. The van der Waals surface area contributed by atoms with Crippen molar-refractivity contribution < 1.29 is 0 Å². The van der Waals surface area contributed by atoms with E-state index in [2.05, 4.69) is 83.1 Å². The van der Waals surface area contributed by atoms with E-state index in [0.717, 1.165) is 0 Å². The summed E-state index contributed by atoms with van der Waals surface area (Å²) in [5.74, 6) is 0. The molecule has 0 N–H and O–H groups in total. The number of rotatable bonds is 0. The van der Waals surface area contributed by atoms with Gasteiger partial charge < -0.3 is 0 Å². The molecule has 0 aromatic rings. The Balaban J connectivity index is 2.53. The Labute approximate surface area is 162 Å². The monoisotopic (exact) mass is 352 g/mol. The number of hydrogen-bond donors (Lipinski definition) is 0. The van der Waals surface area contributed by atoms with Crippen molar-refractivity contribution >= 4 is 0 Å². The van der Waals surface area contributed by atoms with Gasteiger partial charge in [-0.2, -0.15) is 0 Å². The molecule has 0 heterocycles. The number of allylic oxidation sites excluding steroid dienone is 8. The summed E-state index contributed by atoms with van der Waals surface area (Å²) in [7, 11) is 0. The van der Waals surface area contributed by atoms with Gasteiger partial charge in [-0.05, 0) is 101 Å². The van der Waals surface area contributed by atoms with E-state index < -0.39 is 0 Å². The molecule has 0 radical (unpaired) electrons. The second kappa shape index (κ2) is 5.27. The first-order valence-electron chi connectivity index (χ1n) is 10.4. The molecule has 0 heteroatoms. The van der Waals surface area contributed by atoms with E-state index in [9.17, 15) is 0 Å². The van der Waals surface area contributed by atoms with Crippen LogP contribution in [0.2, 0.25) is 0 Å². The van der Waals surface area contributed by atoms with Crippen molar-refractivity contribution in [2.75, 3.05) is 0 Å². The summed E-state index contributed by atoms with van der Waals surface area (Å²) >= 11 is 0. The lowest BCUT2D eigenvalue weighted by Crippen LogP contribution is -2.35. The van der Waals surface area contributed by atoms with Crippen LogP contribution in [0.5, 0.6) is 0 Å². The van der Waals surface area contributed by atoms with Gasteiger partial charge in [0.1, 0.15) is 0 Å². The van der Waals surface area contributed by atoms with Crippen molar-refractivity contribution in [1.82, 2.24) is 0 Å². The van der Waals surface area contributed by atoms with Crippen LogP contribution in [-0.2, 0) is 0 Å². The van der Waals surface area contributed by atoms with Gasteiger partial charge in [0.05, 0.1) is 0 Å². The highest BCUT2D eigenvalue weighted by atomic mass is 14.8. The van der Waals surface area contributed by atoms with Gasteiger partial charge in [0.15, 0.2) is 0 Å². The average Bonchev–Trinajstić information content (AvgIpc) is 3.20. The van der Waals surface area contributed by atoms with Crippen LogP contribution in [0.25, 0.3) is 0 Å². The van der Waals surface area contributed by atoms with Crippen LogP contribution in [0, 0.1) is 21.7 Å². The zero-order valence-corrected chi connectivity index (χ0v) is 19.4. The fourth-order valence-electron chi connectivity index (χ4n) is 6.76. The summed E-state index contributed by atoms with van der Waals surface area (Å²) in [4.78, 5) is 0. The van der Waals surface area contributed by atoms with Crippen LogP contribution in [0.3, 0.4) is 0 Å². The van der Waals surface area contributed by atoms with Crippen molar-refractivity contribution in [2.45, 2.75) is 95.9 Å². The van der Waals surface area contributed by atoms with Gasteiger partial charge in [-0.3, -0.25) is 0 Å². The molecule has 3 aliphatic carbocycles. The maximum atomic E-state index is 2.49. The Bertz CT molecular complexity index is 680. The molecule has 0 unspecified atom stereocenters. The van der Waals surface area contributed by atoms with Crippen LogP contribution >= 0.6 is 0 Å². The van der Waals surface area contributed by atoms with Gasteiger partial charge in [0.25, 0.3) is 0 Å². The molecule has 3 rings (SSSR count). The molecular formula is C26H40. The van der Waals surface area contributed by atoms with Crippen LogP contribution in [0.4, 0.5) is 0 Å². The summed E-state index contributed by atoms with van der Waals surface area (Å²) < 4.78 is 0. The van der Waals surface area contributed by atoms with E-state index in [0.29, 0.717) is 10.8 Å². The van der Waals surface area contributed by atoms with E-state index >= 15 is 0 Å². The molecule has 26 heavy (non-hydrogen) atoms. The molecule has 0 amide bonds. The normalized spacial score (nSPS) is 33.7. The summed E-state index contributed by atoms with van der Waals surface area (Å²) in [5, 5.41) is 0. The third-order valence-electron chi connectivity index (χ3n) is 7.68. The molecule has 0 saturated heterocycles. The van der Waals surface area contributed by atoms with Crippen molar-refractivity contribution in [3.05, 3.63) is 44.6 Å². The summed E-state index contributed by atoms with van der Waals surface area (Å²) in [6.45, 7) is 28.8. The molecule has 0 aromatic heterocycles. The van der Waals surface area contributed by atoms with Gasteiger partial charge in [-0.1, -0.05) is 50.0 Å². The van der Waals surface area contributed by atoms with Gasteiger partial charge in [0.2, 0.25) is 0 Å². The highest BCUT2D eigenvalue weighted by Gasteiger charge is 2.77. The molecular weight excluding hydrogens is 312 g/mol. The first-order valence-corrected chi connectivity index (χ1v) is 10.4. The maximum absolute atomic E-state index is 2.49. The molecule has 0 atom stereocenters. The predicted molar refractivity (Wildman–Crippen MR) is 115 cm³/mol. The fourth-order valence-corrected chi connectivity index (χ4v) is 6.76. The van der Waals surface area contributed by atoms with Crippen LogP contribution < -0.4 is 0 Å². The average molecular weight is 353 g/mol. The molecule has 0 aromatic carbocycles. The Hall–Kier alpha value is -1.04. The second-order valence-corrected chi connectivity index (χ2v) is 11.4. The van der Waals surface area contributed by atoms with Gasteiger partial charge in [-0.15, -0.1) is 0 Å². The first-order chi connectivity index (χ1) is 11.7. The number of hydrogen-bond acceptors (Lipinski definition) is 0. The van der Waals surface area contributed by atoms with Gasteiger partial charge >= 0.3 is 0 Å². The molecule has 3 fully saturated rings. The highest BCUT2D eigenvalue weighted by Crippen LogP contribution is 2.86. The predicted octanol–water partition coefficient (Wildman–Crippen LogP) is 8.18. The molecule has 0 bridgehead atoms. The molecule has 3 aliphatic rings. The molecule has 0 nitrogen and oxygen atoms in total. The summed E-state index contributed by atoms with van der Waals surface area (Å²) in [5.41, 5.74) is 14.0. The third-order valence-corrected chi connectivity index (χ3v) is 7.68. The smallest absolute Gasteiger partial charge is 0.0264 e. The first kappa shape index (κ1) is 19.7. The standard InChI is InChI=1S/C26H40/c1-15(2)19-20(16(3)4)26(14-24(26,11)12)22(18(7)8)21(17(5)6)25(19)13-23(25,9)10/h13-14H2,1-12H3. The fraction of sp³-hybridized carbons (Fsp3) is 0.692. The van der Waals surface area contributed by atoms with Crippen molar-refractivity contribution in [1.29, 1.82) is 0 Å². The van der Waals surface area contributed by atoms with Crippen molar-refractivity contribution in [3.8, 4) is 0 Å². The lowest BCUT2D eigenvalue weighted by Gasteiger charge is -2.47. The Morgan fingerprint density at radius 3 is 0.692 bits per heavy atom. The lowest BCUT2D eigenvalue weighted by molar-refractivity contribution is 0.416. The summed E-state index contributed by atoms with van der Waals surface area (Å²) in [6, 6.07) is 0. The Morgan fingerprint density at radius 2 is 0.615 bits per heavy atom. The maximum Gasteiger partial charge on any atom is 0.0264 e. The van der Waals surface area contributed by atoms with Crippen molar-refractivity contribution in [3.63, 3.8) is 0 Å². The topological polar surface area (TPSA) is 0 Å². The molecule has 144 valence electrons. The van der Waals surface area contributed by atoms with Gasteiger partial charge in [-0.25, -0.2) is 0 Å². The SMILES string of the molecule is CC(C)=C1C(=C(C)C)C2(CC2(C)C)C(=C(C)C)C(=C(C)C)C12CC2(C)C. The van der Waals surface area contributed by atoms with E-state index in [1.165, 1.54) is 35.1 Å². The quantitative estimate of drug-likeness (QED) is 0.412. The van der Waals surface area contributed by atoms with E-state index in [4.69, 9.17) is 0 Å². The minimum absolute atomic E-state index is 0.216. The second-order valence-electron chi connectivity index (χ2n) is 11.4.